The molecule has 19 heavy (non-hydrogen) atoms. The summed E-state index contributed by atoms with van der Waals surface area (Å²) in [6, 6.07) is 1.89. The Morgan fingerprint density at radius 3 is 2.58 bits per heavy atom. The summed E-state index contributed by atoms with van der Waals surface area (Å²) in [5.74, 6) is -1.76. The van der Waals surface area contributed by atoms with Gasteiger partial charge in [0.2, 0.25) is 10.0 Å². The second kappa shape index (κ2) is 4.76. The van der Waals surface area contributed by atoms with Crippen molar-refractivity contribution in [1.82, 2.24) is 4.31 Å². The minimum atomic E-state index is -3.56. The first kappa shape index (κ1) is 14.3. The largest absolute Gasteiger partial charge is 0.481 e. The highest BCUT2D eigenvalue weighted by molar-refractivity contribution is 7.89. The van der Waals surface area contributed by atoms with E-state index in [1.165, 1.54) is 4.31 Å². The second-order valence-electron chi connectivity index (χ2n) is 5.68. The van der Waals surface area contributed by atoms with Gasteiger partial charge in [0, 0.05) is 12.6 Å². The van der Waals surface area contributed by atoms with Crippen LogP contribution < -0.4 is 0 Å². The molecule has 2 rings (SSSR count). The van der Waals surface area contributed by atoms with Gasteiger partial charge in [0.25, 0.3) is 0 Å². The normalized spacial score (nSPS) is 30.5. The Morgan fingerprint density at radius 2 is 2.11 bits per heavy atom. The summed E-state index contributed by atoms with van der Waals surface area (Å²) in [5.41, 5.74) is -0.727. The number of nitriles is 1. The fourth-order valence-corrected chi connectivity index (χ4v) is 4.81. The summed E-state index contributed by atoms with van der Waals surface area (Å²) in [4.78, 5) is 11.0. The highest BCUT2D eigenvalue weighted by Crippen LogP contribution is 2.46. The third-order valence-electron chi connectivity index (χ3n) is 4.08. The molecule has 2 atom stereocenters. The van der Waals surface area contributed by atoms with Crippen LogP contribution in [0, 0.1) is 22.7 Å². The summed E-state index contributed by atoms with van der Waals surface area (Å²) in [6.45, 7) is 1.82. The third kappa shape index (κ3) is 2.90. The lowest BCUT2D eigenvalue weighted by molar-refractivity contribution is -0.143. The van der Waals surface area contributed by atoms with Crippen molar-refractivity contribution in [2.45, 2.75) is 38.6 Å². The molecule has 2 unspecified atom stereocenters. The molecule has 0 aromatic heterocycles. The summed E-state index contributed by atoms with van der Waals surface area (Å²) in [7, 11) is -3.56. The van der Waals surface area contributed by atoms with Gasteiger partial charge in [-0.1, -0.05) is 0 Å². The Balaban J connectivity index is 2.14. The number of piperidine rings is 1. The summed E-state index contributed by atoms with van der Waals surface area (Å²) < 4.78 is 26.0. The first-order valence-electron chi connectivity index (χ1n) is 6.43. The molecule has 7 heteroatoms. The average molecular weight is 286 g/mol. The van der Waals surface area contributed by atoms with E-state index in [2.05, 4.69) is 6.07 Å². The first-order chi connectivity index (χ1) is 8.80. The number of hydrogen-bond donors (Lipinski definition) is 1. The van der Waals surface area contributed by atoms with Crippen LogP contribution in [0.25, 0.3) is 0 Å². The zero-order valence-corrected chi connectivity index (χ0v) is 11.7. The zero-order valence-electron chi connectivity index (χ0n) is 10.9. The van der Waals surface area contributed by atoms with Crippen LogP contribution in [-0.4, -0.2) is 42.1 Å². The molecule has 2 fully saturated rings. The Kier molecular flexibility index (Phi) is 3.58. The van der Waals surface area contributed by atoms with Gasteiger partial charge in [-0.25, -0.2) is 8.42 Å². The van der Waals surface area contributed by atoms with Gasteiger partial charge in [0.05, 0.1) is 23.2 Å². The molecule has 0 bridgehead atoms. The van der Waals surface area contributed by atoms with Crippen molar-refractivity contribution in [2.75, 3.05) is 12.3 Å². The van der Waals surface area contributed by atoms with Crippen LogP contribution in [0.3, 0.4) is 0 Å². The molecule has 1 saturated heterocycles. The highest BCUT2D eigenvalue weighted by Gasteiger charge is 2.49. The maximum atomic E-state index is 12.4. The molecule has 1 heterocycles. The lowest BCUT2D eigenvalue weighted by atomic mass is 9.96. The van der Waals surface area contributed by atoms with Crippen molar-refractivity contribution in [3.05, 3.63) is 0 Å². The summed E-state index contributed by atoms with van der Waals surface area (Å²) in [6.07, 6.45) is 2.29. The molecule has 0 spiro atoms. The van der Waals surface area contributed by atoms with Crippen molar-refractivity contribution in [3.8, 4) is 6.07 Å². The maximum absolute atomic E-state index is 12.4. The Labute approximate surface area is 113 Å². The predicted molar refractivity (Wildman–Crippen MR) is 67.6 cm³/mol. The van der Waals surface area contributed by atoms with E-state index in [0.29, 0.717) is 25.7 Å². The molecule has 106 valence electrons. The molecule has 1 aliphatic heterocycles. The van der Waals surface area contributed by atoms with Crippen LogP contribution in [0.15, 0.2) is 0 Å². The van der Waals surface area contributed by atoms with Crippen LogP contribution in [0.1, 0.15) is 32.6 Å². The van der Waals surface area contributed by atoms with E-state index < -0.39 is 27.3 Å². The molecule has 1 N–H and O–H groups in total. The molecule has 1 aliphatic carbocycles. The van der Waals surface area contributed by atoms with Gasteiger partial charge in [0.1, 0.15) is 0 Å². The molecule has 0 amide bonds. The van der Waals surface area contributed by atoms with Crippen LogP contribution in [0.2, 0.25) is 0 Å². The van der Waals surface area contributed by atoms with E-state index in [1.54, 1.807) is 6.92 Å². The van der Waals surface area contributed by atoms with Gasteiger partial charge in [-0.15, -0.1) is 0 Å². The third-order valence-corrected chi connectivity index (χ3v) is 6.22. The van der Waals surface area contributed by atoms with Gasteiger partial charge in [0.15, 0.2) is 0 Å². The predicted octanol–water partition coefficient (Wildman–Crippen LogP) is 0.805. The number of aliphatic carboxylic acids is 1. The van der Waals surface area contributed by atoms with E-state index in [1.807, 2.05) is 0 Å². The molecule has 2 aliphatic rings. The van der Waals surface area contributed by atoms with Crippen LogP contribution in [0.5, 0.6) is 0 Å². The van der Waals surface area contributed by atoms with Gasteiger partial charge >= 0.3 is 5.97 Å². The highest BCUT2D eigenvalue weighted by atomic mass is 32.2. The summed E-state index contributed by atoms with van der Waals surface area (Å²) >= 11 is 0. The van der Waals surface area contributed by atoms with Crippen molar-refractivity contribution < 1.29 is 18.3 Å². The monoisotopic (exact) mass is 286 g/mol. The molecule has 0 aromatic carbocycles. The fraction of sp³-hybridized carbons (Fsp3) is 0.833. The molecule has 6 nitrogen and oxygen atoms in total. The number of carboxylic acid groups (broad SMARTS) is 1. The first-order valence-corrected chi connectivity index (χ1v) is 8.04. The number of nitrogens with zero attached hydrogens (tertiary/aromatic N) is 2. The molecule has 1 saturated carbocycles. The van der Waals surface area contributed by atoms with Crippen molar-refractivity contribution in [1.29, 1.82) is 5.26 Å². The standard InChI is InChI=1S/C12H18N2O4S/c1-9-2-3-10(11(15)16)6-14(9)19(17,18)8-12(7-13)4-5-12/h9-10H,2-6,8H2,1H3,(H,15,16). The van der Waals surface area contributed by atoms with Crippen molar-refractivity contribution >= 4 is 16.0 Å². The van der Waals surface area contributed by atoms with Gasteiger partial charge in [-0.2, -0.15) is 9.57 Å². The van der Waals surface area contributed by atoms with E-state index in [-0.39, 0.29) is 18.3 Å². The second-order valence-corrected chi connectivity index (χ2v) is 7.60. The number of carbonyl (C=O) groups is 1. The Morgan fingerprint density at radius 1 is 1.47 bits per heavy atom. The van der Waals surface area contributed by atoms with E-state index >= 15 is 0 Å². The molecule has 0 radical (unpaired) electrons. The lowest BCUT2D eigenvalue weighted by Crippen LogP contribution is -2.48. The average Bonchev–Trinajstić information content (AvgIpc) is 3.08. The maximum Gasteiger partial charge on any atom is 0.307 e. The number of sulfonamides is 1. The number of carboxylic acids is 1. The summed E-state index contributed by atoms with van der Waals surface area (Å²) in [5, 5.41) is 18.0. The van der Waals surface area contributed by atoms with Crippen LogP contribution >= 0.6 is 0 Å². The smallest absolute Gasteiger partial charge is 0.307 e. The SMILES string of the molecule is CC1CCC(C(=O)O)CN1S(=O)(=O)CC1(C#N)CC1. The Bertz CT molecular complexity index is 518. The Hall–Kier alpha value is -1.13. The molecular formula is C12H18N2O4S. The zero-order chi connectivity index (χ0) is 14.3. The van der Waals surface area contributed by atoms with Crippen LogP contribution in [-0.2, 0) is 14.8 Å². The van der Waals surface area contributed by atoms with E-state index in [9.17, 15) is 13.2 Å². The van der Waals surface area contributed by atoms with Gasteiger partial charge < -0.3 is 5.11 Å². The van der Waals surface area contributed by atoms with Crippen LogP contribution in [0.4, 0.5) is 0 Å². The van der Waals surface area contributed by atoms with Crippen molar-refractivity contribution in [2.24, 2.45) is 11.3 Å². The number of rotatable bonds is 4. The minimum Gasteiger partial charge on any atom is -0.481 e. The topological polar surface area (TPSA) is 98.5 Å². The molecule has 0 aromatic rings. The van der Waals surface area contributed by atoms with E-state index in [4.69, 9.17) is 10.4 Å². The molecular weight excluding hydrogens is 268 g/mol. The fourth-order valence-electron chi connectivity index (χ4n) is 2.54. The number of hydrogen-bond acceptors (Lipinski definition) is 4. The quantitative estimate of drug-likeness (QED) is 0.824. The van der Waals surface area contributed by atoms with E-state index in [0.717, 1.165) is 0 Å². The van der Waals surface area contributed by atoms with Gasteiger partial charge in [-0.3, -0.25) is 4.79 Å². The van der Waals surface area contributed by atoms with Crippen molar-refractivity contribution in [3.63, 3.8) is 0 Å². The lowest BCUT2D eigenvalue weighted by Gasteiger charge is -2.35. The minimum absolute atomic E-state index is 0.0281. The van der Waals surface area contributed by atoms with Gasteiger partial charge in [-0.05, 0) is 32.6 Å².